The number of carbonyl (C=O) groups excluding carboxylic acids is 3. The van der Waals surface area contributed by atoms with E-state index in [1.54, 1.807) is 13.8 Å². The van der Waals surface area contributed by atoms with Gasteiger partial charge in [0.15, 0.2) is 0 Å². The van der Waals surface area contributed by atoms with E-state index in [1.165, 1.54) is 6.92 Å². The van der Waals surface area contributed by atoms with Gasteiger partial charge in [0.25, 0.3) is 0 Å². The quantitative estimate of drug-likeness (QED) is 0.252. The van der Waals surface area contributed by atoms with Gasteiger partial charge >= 0.3 is 5.97 Å². The Kier molecular flexibility index (Phi) is 10.6. The van der Waals surface area contributed by atoms with Gasteiger partial charge in [-0.15, -0.1) is 0 Å². The molecular formula is C17H32N4O6. The maximum atomic E-state index is 12.5. The van der Waals surface area contributed by atoms with Gasteiger partial charge in [0.2, 0.25) is 17.7 Å². The summed E-state index contributed by atoms with van der Waals surface area (Å²) in [6, 6.07) is -4.18. The fourth-order valence-corrected chi connectivity index (χ4v) is 2.24. The number of rotatable bonds is 11. The predicted octanol–water partition coefficient (Wildman–Crippen LogP) is -1.43. The summed E-state index contributed by atoms with van der Waals surface area (Å²) in [7, 11) is 0. The summed E-state index contributed by atoms with van der Waals surface area (Å²) in [6.45, 7) is 7.87. The smallest absolute Gasteiger partial charge is 0.326 e. The van der Waals surface area contributed by atoms with Crippen LogP contribution in [0.25, 0.3) is 0 Å². The normalized spacial score (nSPS) is 15.6. The third-order valence-electron chi connectivity index (χ3n) is 3.86. The van der Waals surface area contributed by atoms with Crippen LogP contribution in [-0.4, -0.2) is 64.7 Å². The first-order chi connectivity index (χ1) is 12.4. The number of hydrogen-bond acceptors (Lipinski definition) is 6. The van der Waals surface area contributed by atoms with Gasteiger partial charge in [-0.3, -0.25) is 14.4 Å². The second-order valence-corrected chi connectivity index (χ2v) is 7.28. The van der Waals surface area contributed by atoms with E-state index in [9.17, 15) is 19.2 Å². The van der Waals surface area contributed by atoms with Gasteiger partial charge in [0, 0.05) is 0 Å². The molecule has 0 bridgehead atoms. The highest BCUT2D eigenvalue weighted by molar-refractivity contribution is 5.93. The maximum absolute atomic E-state index is 12.5. The Labute approximate surface area is 159 Å². The van der Waals surface area contributed by atoms with Crippen LogP contribution in [0.5, 0.6) is 0 Å². The number of nitrogens with two attached hydrogens (primary N) is 1. The van der Waals surface area contributed by atoms with Crippen LogP contribution in [0.15, 0.2) is 0 Å². The highest BCUT2D eigenvalue weighted by Crippen LogP contribution is 2.06. The lowest BCUT2D eigenvalue weighted by Gasteiger charge is -2.25. The van der Waals surface area contributed by atoms with Crippen LogP contribution >= 0.6 is 0 Å². The lowest BCUT2D eigenvalue weighted by Crippen LogP contribution is -2.57. The van der Waals surface area contributed by atoms with E-state index in [1.807, 2.05) is 13.8 Å². The summed E-state index contributed by atoms with van der Waals surface area (Å²) < 4.78 is 0. The Balaban J connectivity index is 5.00. The number of aliphatic hydroxyl groups excluding tert-OH is 1. The number of aliphatic hydroxyl groups is 1. The molecule has 0 aromatic heterocycles. The molecular weight excluding hydrogens is 356 g/mol. The summed E-state index contributed by atoms with van der Waals surface area (Å²) in [4.78, 5) is 47.7. The van der Waals surface area contributed by atoms with Crippen LogP contribution in [0.4, 0.5) is 0 Å². The molecule has 0 rings (SSSR count). The molecule has 0 aliphatic rings. The van der Waals surface area contributed by atoms with Crippen molar-refractivity contribution in [3.63, 3.8) is 0 Å². The standard InChI is InChI=1S/C17H32N4O6/c1-8(2)6-12(20-15(24)11(18)7-22)16(25)19-10(5)14(23)21-13(9(3)4)17(26)27/h8-13,22H,6-7,18H2,1-5H3,(H,19,25)(H,20,24)(H,21,23)(H,26,27). The van der Waals surface area contributed by atoms with Crippen LogP contribution in [-0.2, 0) is 19.2 Å². The molecule has 4 unspecified atom stereocenters. The third-order valence-corrected chi connectivity index (χ3v) is 3.86. The average molecular weight is 388 g/mol. The fourth-order valence-electron chi connectivity index (χ4n) is 2.24. The van der Waals surface area contributed by atoms with Gasteiger partial charge in [-0.25, -0.2) is 4.79 Å². The minimum absolute atomic E-state index is 0.0628. The number of carboxylic acids is 1. The van der Waals surface area contributed by atoms with E-state index in [0.29, 0.717) is 6.42 Å². The number of amides is 3. The zero-order valence-electron chi connectivity index (χ0n) is 16.5. The third kappa shape index (κ3) is 8.83. The Morgan fingerprint density at radius 1 is 0.889 bits per heavy atom. The van der Waals surface area contributed by atoms with Crippen molar-refractivity contribution in [2.45, 2.75) is 65.2 Å². The molecule has 0 aliphatic heterocycles. The van der Waals surface area contributed by atoms with Crippen LogP contribution in [0, 0.1) is 11.8 Å². The Hall–Kier alpha value is -2.20. The lowest BCUT2D eigenvalue weighted by molar-refractivity contribution is -0.143. The molecule has 0 aliphatic carbocycles. The summed E-state index contributed by atoms with van der Waals surface area (Å²) in [5, 5.41) is 25.4. The molecule has 7 N–H and O–H groups in total. The van der Waals surface area contributed by atoms with E-state index in [0.717, 1.165) is 0 Å². The number of aliphatic carboxylic acids is 1. The van der Waals surface area contributed by atoms with Crippen LogP contribution in [0.2, 0.25) is 0 Å². The van der Waals surface area contributed by atoms with Crippen molar-refractivity contribution < 1.29 is 29.4 Å². The monoisotopic (exact) mass is 388 g/mol. The van der Waals surface area contributed by atoms with Crippen LogP contribution < -0.4 is 21.7 Å². The summed E-state index contributed by atoms with van der Waals surface area (Å²) in [5.41, 5.74) is 5.44. The molecule has 0 saturated heterocycles. The topological polar surface area (TPSA) is 171 Å². The van der Waals surface area contributed by atoms with E-state index in [2.05, 4.69) is 16.0 Å². The van der Waals surface area contributed by atoms with Crippen molar-refractivity contribution in [1.29, 1.82) is 0 Å². The summed E-state index contributed by atoms with van der Waals surface area (Å²) >= 11 is 0. The summed E-state index contributed by atoms with van der Waals surface area (Å²) in [6.07, 6.45) is 0.299. The second kappa shape index (κ2) is 11.5. The molecule has 10 heteroatoms. The SMILES string of the molecule is CC(C)CC(NC(=O)C(N)CO)C(=O)NC(C)C(=O)NC(C(=O)O)C(C)C. The van der Waals surface area contributed by atoms with Crippen molar-refractivity contribution in [3.05, 3.63) is 0 Å². The van der Waals surface area contributed by atoms with Crippen molar-refractivity contribution >= 4 is 23.7 Å². The van der Waals surface area contributed by atoms with Crippen molar-refractivity contribution in [2.75, 3.05) is 6.61 Å². The fraction of sp³-hybridized carbons (Fsp3) is 0.765. The molecule has 0 saturated carbocycles. The molecule has 27 heavy (non-hydrogen) atoms. The Bertz CT molecular complexity index is 538. The van der Waals surface area contributed by atoms with Crippen molar-refractivity contribution in [2.24, 2.45) is 17.6 Å². The zero-order valence-corrected chi connectivity index (χ0v) is 16.5. The van der Waals surface area contributed by atoms with Crippen molar-refractivity contribution in [3.8, 4) is 0 Å². The minimum atomic E-state index is -1.17. The van der Waals surface area contributed by atoms with Gasteiger partial charge in [-0.1, -0.05) is 27.7 Å². The molecule has 156 valence electrons. The molecule has 0 aromatic carbocycles. The Morgan fingerprint density at radius 2 is 1.44 bits per heavy atom. The number of carbonyl (C=O) groups is 4. The molecule has 10 nitrogen and oxygen atoms in total. The highest BCUT2D eigenvalue weighted by atomic mass is 16.4. The summed E-state index contributed by atoms with van der Waals surface area (Å²) in [5.74, 6) is -3.36. The van der Waals surface area contributed by atoms with Crippen LogP contribution in [0.1, 0.15) is 41.0 Å². The molecule has 0 aromatic rings. The average Bonchev–Trinajstić information content (AvgIpc) is 2.56. The van der Waals surface area contributed by atoms with Gasteiger partial charge in [0.1, 0.15) is 24.2 Å². The number of hydrogen-bond donors (Lipinski definition) is 6. The van der Waals surface area contributed by atoms with Gasteiger partial charge in [0.05, 0.1) is 6.61 Å². The Morgan fingerprint density at radius 3 is 1.85 bits per heavy atom. The van der Waals surface area contributed by atoms with Crippen molar-refractivity contribution in [1.82, 2.24) is 16.0 Å². The van der Waals surface area contributed by atoms with E-state index in [-0.39, 0.29) is 11.8 Å². The zero-order chi connectivity index (χ0) is 21.3. The highest BCUT2D eigenvalue weighted by Gasteiger charge is 2.29. The first-order valence-electron chi connectivity index (χ1n) is 8.91. The molecule has 4 atom stereocenters. The number of carboxylic acid groups (broad SMARTS) is 1. The molecule has 0 spiro atoms. The predicted molar refractivity (Wildman–Crippen MR) is 98.5 cm³/mol. The van der Waals surface area contributed by atoms with Gasteiger partial charge in [-0.05, 0) is 25.2 Å². The molecule has 0 radical (unpaired) electrons. The minimum Gasteiger partial charge on any atom is -0.480 e. The molecule has 3 amide bonds. The van der Waals surface area contributed by atoms with Gasteiger partial charge < -0.3 is 31.9 Å². The maximum Gasteiger partial charge on any atom is 0.326 e. The molecule has 0 fully saturated rings. The van der Waals surface area contributed by atoms with Crippen LogP contribution in [0.3, 0.4) is 0 Å². The second-order valence-electron chi connectivity index (χ2n) is 7.28. The van der Waals surface area contributed by atoms with Gasteiger partial charge in [-0.2, -0.15) is 0 Å². The van der Waals surface area contributed by atoms with E-state index >= 15 is 0 Å². The first kappa shape index (κ1) is 24.8. The largest absolute Gasteiger partial charge is 0.480 e. The molecule has 0 heterocycles. The van der Waals surface area contributed by atoms with E-state index in [4.69, 9.17) is 15.9 Å². The van der Waals surface area contributed by atoms with E-state index < -0.39 is 54.5 Å². The number of nitrogens with one attached hydrogen (secondary N) is 3. The first-order valence-corrected chi connectivity index (χ1v) is 8.91. The lowest BCUT2D eigenvalue weighted by atomic mass is 10.0.